The summed E-state index contributed by atoms with van der Waals surface area (Å²) in [6, 6.07) is 13.1. The van der Waals surface area contributed by atoms with Crippen molar-refractivity contribution in [2.24, 2.45) is 0 Å². The van der Waals surface area contributed by atoms with E-state index in [9.17, 15) is 4.79 Å². The lowest BCUT2D eigenvalue weighted by molar-refractivity contribution is -0.139. The van der Waals surface area contributed by atoms with Crippen LogP contribution >= 0.6 is 11.6 Å². The summed E-state index contributed by atoms with van der Waals surface area (Å²) in [6.45, 7) is 5.68. The molecule has 1 fully saturated rings. The Morgan fingerprint density at radius 1 is 1.20 bits per heavy atom. The third-order valence-corrected chi connectivity index (χ3v) is 4.49. The highest BCUT2D eigenvalue weighted by atomic mass is 35.5. The minimum absolute atomic E-state index is 0.0115. The molecule has 0 saturated carbocycles. The van der Waals surface area contributed by atoms with Gasteiger partial charge in [-0.15, -0.1) is 0 Å². The van der Waals surface area contributed by atoms with Gasteiger partial charge in [0.2, 0.25) is 0 Å². The number of hydrogen-bond donors (Lipinski definition) is 0. The summed E-state index contributed by atoms with van der Waals surface area (Å²) in [7, 11) is 0. The normalized spacial score (nSPS) is 16.5. The van der Waals surface area contributed by atoms with Crippen LogP contribution in [0.25, 0.3) is 0 Å². The van der Waals surface area contributed by atoms with Gasteiger partial charge in [-0.3, -0.25) is 14.7 Å². The first kappa shape index (κ1) is 17.7. The molecule has 0 spiro atoms. The highest BCUT2D eigenvalue weighted by Crippen LogP contribution is 2.19. The Kier molecular flexibility index (Phi) is 5.89. The molecule has 0 radical (unpaired) electrons. The van der Waals surface area contributed by atoms with Gasteiger partial charge >= 0.3 is 0 Å². The molecule has 1 unspecified atom stereocenters. The first-order valence-corrected chi connectivity index (χ1v) is 8.83. The molecule has 0 aliphatic carbocycles. The number of piperazine rings is 1. The second kappa shape index (κ2) is 8.32. The van der Waals surface area contributed by atoms with E-state index in [-0.39, 0.29) is 5.91 Å². The second-order valence-corrected chi connectivity index (χ2v) is 6.58. The molecule has 1 aliphatic rings. The first-order chi connectivity index (χ1) is 12.1. The zero-order chi connectivity index (χ0) is 17.6. The minimum atomic E-state index is -0.527. The lowest BCUT2D eigenvalue weighted by Crippen LogP contribution is -2.51. The van der Waals surface area contributed by atoms with Crippen molar-refractivity contribution in [3.8, 4) is 5.75 Å². The third-order valence-electron chi connectivity index (χ3n) is 4.25. The molecule has 1 atom stereocenters. The number of halogens is 1. The molecule has 1 aromatic carbocycles. The SMILES string of the molecule is CC(Oc1cccc(Cl)c1)C(=O)N1CCN(Cc2ccccn2)CC1. The van der Waals surface area contributed by atoms with Crippen molar-refractivity contribution in [2.45, 2.75) is 19.6 Å². The molecule has 1 amide bonds. The Morgan fingerprint density at radius 3 is 2.68 bits per heavy atom. The van der Waals surface area contributed by atoms with Crippen molar-refractivity contribution >= 4 is 17.5 Å². The van der Waals surface area contributed by atoms with Crippen molar-refractivity contribution < 1.29 is 9.53 Å². The Hall–Kier alpha value is -2.11. The number of nitrogens with zero attached hydrogens (tertiary/aromatic N) is 3. The average molecular weight is 360 g/mol. The monoisotopic (exact) mass is 359 g/mol. The molecule has 1 aromatic heterocycles. The average Bonchev–Trinajstić information content (AvgIpc) is 2.62. The lowest BCUT2D eigenvalue weighted by Gasteiger charge is -2.35. The van der Waals surface area contributed by atoms with E-state index in [0.717, 1.165) is 25.3 Å². The van der Waals surface area contributed by atoms with E-state index < -0.39 is 6.10 Å². The van der Waals surface area contributed by atoms with E-state index in [0.29, 0.717) is 23.9 Å². The predicted octanol–water partition coefficient (Wildman–Crippen LogP) is 2.85. The number of pyridine rings is 1. The van der Waals surface area contributed by atoms with Gasteiger partial charge in [-0.05, 0) is 37.3 Å². The Bertz CT molecular complexity index is 703. The summed E-state index contributed by atoms with van der Waals surface area (Å²) >= 11 is 5.95. The predicted molar refractivity (Wildman–Crippen MR) is 97.6 cm³/mol. The van der Waals surface area contributed by atoms with Gasteiger partial charge in [0.05, 0.1) is 5.69 Å². The maximum atomic E-state index is 12.6. The van der Waals surface area contributed by atoms with Crippen LogP contribution in [0, 0.1) is 0 Å². The van der Waals surface area contributed by atoms with E-state index in [1.54, 1.807) is 25.1 Å². The van der Waals surface area contributed by atoms with Crippen molar-refractivity contribution in [3.05, 3.63) is 59.4 Å². The molecule has 0 N–H and O–H groups in total. The van der Waals surface area contributed by atoms with Crippen molar-refractivity contribution in [2.75, 3.05) is 26.2 Å². The Balaban J connectivity index is 1.49. The van der Waals surface area contributed by atoms with E-state index in [1.165, 1.54) is 0 Å². The topological polar surface area (TPSA) is 45.7 Å². The number of hydrogen-bond acceptors (Lipinski definition) is 4. The fourth-order valence-electron chi connectivity index (χ4n) is 2.90. The highest BCUT2D eigenvalue weighted by molar-refractivity contribution is 6.30. The van der Waals surface area contributed by atoms with E-state index in [1.807, 2.05) is 35.4 Å². The number of carbonyl (C=O) groups is 1. The quantitative estimate of drug-likeness (QED) is 0.823. The van der Waals surface area contributed by atoms with Gasteiger partial charge in [0.15, 0.2) is 6.10 Å². The van der Waals surface area contributed by atoms with Crippen LogP contribution in [0.1, 0.15) is 12.6 Å². The van der Waals surface area contributed by atoms with E-state index >= 15 is 0 Å². The van der Waals surface area contributed by atoms with Crippen LogP contribution in [0.15, 0.2) is 48.7 Å². The molecule has 5 nitrogen and oxygen atoms in total. The van der Waals surface area contributed by atoms with Crippen molar-refractivity contribution in [1.29, 1.82) is 0 Å². The molecular formula is C19H22ClN3O2. The minimum Gasteiger partial charge on any atom is -0.481 e. The largest absolute Gasteiger partial charge is 0.481 e. The van der Waals surface area contributed by atoms with Crippen LogP contribution in [0.4, 0.5) is 0 Å². The summed E-state index contributed by atoms with van der Waals surface area (Å²) in [5.41, 5.74) is 1.06. The molecule has 3 rings (SSSR count). The van der Waals surface area contributed by atoms with Gasteiger partial charge in [0.25, 0.3) is 5.91 Å². The maximum Gasteiger partial charge on any atom is 0.263 e. The van der Waals surface area contributed by atoms with Crippen LogP contribution in [0.2, 0.25) is 5.02 Å². The zero-order valence-electron chi connectivity index (χ0n) is 14.3. The molecule has 2 heterocycles. The number of rotatable bonds is 5. The van der Waals surface area contributed by atoms with Crippen LogP contribution in [0.3, 0.4) is 0 Å². The highest BCUT2D eigenvalue weighted by Gasteiger charge is 2.26. The van der Waals surface area contributed by atoms with Gasteiger partial charge in [0.1, 0.15) is 5.75 Å². The van der Waals surface area contributed by atoms with Gasteiger partial charge in [-0.1, -0.05) is 23.7 Å². The Morgan fingerprint density at radius 2 is 2.00 bits per heavy atom. The smallest absolute Gasteiger partial charge is 0.263 e. The van der Waals surface area contributed by atoms with Gasteiger partial charge in [0, 0.05) is 43.9 Å². The van der Waals surface area contributed by atoms with Crippen LogP contribution in [-0.4, -0.2) is 53.0 Å². The van der Waals surface area contributed by atoms with Crippen molar-refractivity contribution in [3.63, 3.8) is 0 Å². The summed E-state index contributed by atoms with van der Waals surface area (Å²) in [5.74, 6) is 0.625. The van der Waals surface area contributed by atoms with Crippen LogP contribution in [0.5, 0.6) is 5.75 Å². The van der Waals surface area contributed by atoms with Crippen molar-refractivity contribution in [1.82, 2.24) is 14.8 Å². The second-order valence-electron chi connectivity index (χ2n) is 6.14. The molecule has 0 bridgehead atoms. The molecule has 1 aliphatic heterocycles. The number of benzene rings is 1. The van der Waals surface area contributed by atoms with Gasteiger partial charge in [-0.25, -0.2) is 0 Å². The molecule has 25 heavy (non-hydrogen) atoms. The summed E-state index contributed by atoms with van der Waals surface area (Å²) in [5, 5.41) is 0.597. The van der Waals surface area contributed by atoms with Crippen LogP contribution < -0.4 is 4.74 Å². The van der Waals surface area contributed by atoms with Gasteiger partial charge in [-0.2, -0.15) is 0 Å². The third kappa shape index (κ3) is 4.94. The summed E-state index contributed by atoms with van der Waals surface area (Å²) in [4.78, 5) is 21.1. The van der Waals surface area contributed by atoms with E-state index in [2.05, 4.69) is 9.88 Å². The number of amides is 1. The fraction of sp³-hybridized carbons (Fsp3) is 0.368. The van der Waals surface area contributed by atoms with E-state index in [4.69, 9.17) is 16.3 Å². The number of aromatic nitrogens is 1. The number of carbonyl (C=O) groups excluding carboxylic acids is 1. The molecule has 132 valence electrons. The Labute approximate surface area is 153 Å². The molecule has 1 saturated heterocycles. The van der Waals surface area contributed by atoms with Gasteiger partial charge < -0.3 is 9.64 Å². The molecule has 6 heteroatoms. The maximum absolute atomic E-state index is 12.6. The first-order valence-electron chi connectivity index (χ1n) is 8.45. The lowest BCUT2D eigenvalue weighted by atomic mass is 10.2. The summed E-state index contributed by atoms with van der Waals surface area (Å²) < 4.78 is 5.73. The van der Waals surface area contributed by atoms with Crippen LogP contribution in [-0.2, 0) is 11.3 Å². The fourth-order valence-corrected chi connectivity index (χ4v) is 3.08. The standard InChI is InChI=1S/C19H22ClN3O2/c1-15(25-18-7-4-5-16(20)13-18)19(24)23-11-9-22(10-12-23)14-17-6-2-3-8-21-17/h2-8,13,15H,9-12,14H2,1H3. The number of ether oxygens (including phenoxy) is 1. The molecular weight excluding hydrogens is 338 g/mol. The summed E-state index contributed by atoms with van der Waals surface area (Å²) in [6.07, 6.45) is 1.28. The molecule has 2 aromatic rings. The zero-order valence-corrected chi connectivity index (χ0v) is 15.0.